The maximum Gasteiger partial charge on any atom is 0.256 e. The maximum atomic E-state index is 12.8. The van der Waals surface area contributed by atoms with Crippen LogP contribution >= 0.6 is 22.7 Å². The third-order valence-corrected chi connectivity index (χ3v) is 5.69. The van der Waals surface area contributed by atoms with Gasteiger partial charge in [-0.3, -0.25) is 14.8 Å². The average Bonchev–Trinajstić information content (AvgIpc) is 3.32. The van der Waals surface area contributed by atoms with Gasteiger partial charge in [0.15, 0.2) is 0 Å². The zero-order valence-corrected chi connectivity index (χ0v) is 15.0. The summed E-state index contributed by atoms with van der Waals surface area (Å²) in [6.45, 7) is 0.456. The molecule has 0 bridgehead atoms. The predicted octanol–water partition coefficient (Wildman–Crippen LogP) is 4.09. The van der Waals surface area contributed by atoms with Crippen molar-refractivity contribution >= 4 is 39.6 Å². The monoisotopic (exact) mass is 366 g/mol. The Kier molecular flexibility index (Phi) is 4.25. The topological polar surface area (TPSA) is 59.0 Å². The van der Waals surface area contributed by atoms with Crippen LogP contribution in [0, 0.1) is 0 Å². The Morgan fingerprint density at radius 1 is 1.12 bits per heavy atom. The molecular formula is C18H14N4OS2. The summed E-state index contributed by atoms with van der Waals surface area (Å²) in [5.74, 6) is -0.0863. The first-order valence-corrected chi connectivity index (χ1v) is 9.42. The summed E-state index contributed by atoms with van der Waals surface area (Å²) in [5, 5.41) is 5.02. The number of thiophene rings is 1. The highest BCUT2D eigenvalue weighted by Gasteiger charge is 2.17. The number of hydrogen-bond acceptors (Lipinski definition) is 6. The summed E-state index contributed by atoms with van der Waals surface area (Å²) in [5.41, 5.74) is 2.78. The second kappa shape index (κ2) is 6.70. The molecule has 0 spiro atoms. The van der Waals surface area contributed by atoms with Crippen LogP contribution in [-0.2, 0) is 6.54 Å². The van der Waals surface area contributed by atoms with E-state index in [0.29, 0.717) is 17.6 Å². The standard InChI is InChI=1S/C18H14N4OS2/c1-22(10-12-11-25-17(21-12)15-6-3-9-24-15)18(23)13-4-2-5-14-16(13)20-8-7-19-14/h2-9,11H,10H2,1H3. The van der Waals surface area contributed by atoms with E-state index in [2.05, 4.69) is 21.0 Å². The van der Waals surface area contributed by atoms with E-state index in [1.165, 1.54) is 0 Å². The van der Waals surface area contributed by atoms with E-state index < -0.39 is 0 Å². The molecule has 1 amide bonds. The molecule has 0 aliphatic carbocycles. The fraction of sp³-hybridized carbons (Fsp3) is 0.111. The zero-order valence-electron chi connectivity index (χ0n) is 13.4. The number of carbonyl (C=O) groups excluding carboxylic acids is 1. The van der Waals surface area contributed by atoms with Crippen molar-refractivity contribution in [2.45, 2.75) is 6.54 Å². The molecule has 7 heteroatoms. The van der Waals surface area contributed by atoms with Crippen LogP contribution < -0.4 is 0 Å². The van der Waals surface area contributed by atoms with E-state index in [9.17, 15) is 4.79 Å². The Morgan fingerprint density at radius 2 is 2.00 bits per heavy atom. The number of fused-ring (bicyclic) bond motifs is 1. The lowest BCUT2D eigenvalue weighted by Gasteiger charge is -2.16. The summed E-state index contributed by atoms with van der Waals surface area (Å²) in [6, 6.07) is 9.53. The van der Waals surface area contributed by atoms with E-state index in [-0.39, 0.29) is 5.91 Å². The molecule has 0 fully saturated rings. The normalized spacial score (nSPS) is 10.9. The molecule has 0 saturated heterocycles. The Balaban J connectivity index is 1.56. The van der Waals surface area contributed by atoms with Crippen molar-refractivity contribution < 1.29 is 4.79 Å². The number of nitrogens with zero attached hydrogens (tertiary/aromatic N) is 4. The van der Waals surface area contributed by atoms with Gasteiger partial charge in [0.05, 0.1) is 28.2 Å². The van der Waals surface area contributed by atoms with Crippen LogP contribution in [0.2, 0.25) is 0 Å². The first-order valence-electron chi connectivity index (χ1n) is 7.66. The molecule has 0 aliphatic rings. The highest BCUT2D eigenvalue weighted by molar-refractivity contribution is 7.20. The second-order valence-electron chi connectivity index (χ2n) is 5.51. The second-order valence-corrected chi connectivity index (χ2v) is 7.32. The van der Waals surface area contributed by atoms with Gasteiger partial charge in [0.25, 0.3) is 5.91 Å². The lowest BCUT2D eigenvalue weighted by atomic mass is 10.1. The van der Waals surface area contributed by atoms with E-state index in [1.807, 2.05) is 29.0 Å². The molecule has 0 saturated carbocycles. The fourth-order valence-corrected chi connectivity index (χ4v) is 4.20. The Hall–Kier alpha value is -2.64. The SMILES string of the molecule is CN(Cc1csc(-c2cccs2)n1)C(=O)c1cccc2nccnc12. The first-order chi connectivity index (χ1) is 12.2. The molecule has 25 heavy (non-hydrogen) atoms. The minimum Gasteiger partial charge on any atom is -0.336 e. The van der Waals surface area contributed by atoms with Crippen LogP contribution in [-0.4, -0.2) is 32.8 Å². The molecule has 3 heterocycles. The minimum absolute atomic E-state index is 0.0863. The average molecular weight is 366 g/mol. The molecule has 0 radical (unpaired) electrons. The summed E-state index contributed by atoms with van der Waals surface area (Å²) in [6.07, 6.45) is 3.23. The van der Waals surface area contributed by atoms with Crippen molar-refractivity contribution in [1.29, 1.82) is 0 Å². The van der Waals surface area contributed by atoms with Crippen LogP contribution in [0.4, 0.5) is 0 Å². The van der Waals surface area contributed by atoms with Crippen LogP contribution in [0.15, 0.2) is 53.5 Å². The summed E-state index contributed by atoms with van der Waals surface area (Å²) in [7, 11) is 1.78. The molecule has 0 unspecified atom stereocenters. The Bertz CT molecular complexity index is 1020. The van der Waals surface area contributed by atoms with Crippen molar-refractivity contribution in [1.82, 2.24) is 19.9 Å². The molecule has 0 N–H and O–H groups in total. The zero-order chi connectivity index (χ0) is 17.2. The van der Waals surface area contributed by atoms with Gasteiger partial charge >= 0.3 is 0 Å². The quantitative estimate of drug-likeness (QED) is 0.546. The van der Waals surface area contributed by atoms with Crippen LogP contribution in [0.25, 0.3) is 20.9 Å². The van der Waals surface area contributed by atoms with Crippen molar-refractivity contribution in [3.05, 3.63) is 64.7 Å². The number of aromatic nitrogens is 3. The molecule has 4 aromatic rings. The number of para-hydroxylation sites is 1. The van der Waals surface area contributed by atoms with Crippen molar-refractivity contribution in [2.75, 3.05) is 7.05 Å². The van der Waals surface area contributed by atoms with Gasteiger partial charge < -0.3 is 4.90 Å². The van der Waals surface area contributed by atoms with Gasteiger partial charge in [-0.2, -0.15) is 0 Å². The minimum atomic E-state index is -0.0863. The first kappa shape index (κ1) is 15.9. The number of rotatable bonds is 4. The molecule has 4 rings (SSSR count). The van der Waals surface area contributed by atoms with Crippen LogP contribution in [0.1, 0.15) is 16.1 Å². The summed E-state index contributed by atoms with van der Waals surface area (Å²) in [4.78, 5) is 28.8. The number of amides is 1. The van der Waals surface area contributed by atoms with Crippen LogP contribution in [0.3, 0.4) is 0 Å². The van der Waals surface area contributed by atoms with Crippen molar-refractivity contribution in [3.63, 3.8) is 0 Å². The predicted molar refractivity (Wildman–Crippen MR) is 101 cm³/mol. The molecule has 5 nitrogen and oxygen atoms in total. The lowest BCUT2D eigenvalue weighted by molar-refractivity contribution is 0.0785. The molecule has 0 aliphatic heterocycles. The van der Waals surface area contributed by atoms with Gasteiger partial charge in [0, 0.05) is 24.8 Å². The molecular weight excluding hydrogens is 352 g/mol. The van der Waals surface area contributed by atoms with Gasteiger partial charge in [-0.1, -0.05) is 12.1 Å². The van der Waals surface area contributed by atoms with E-state index >= 15 is 0 Å². The fourth-order valence-electron chi connectivity index (χ4n) is 2.58. The van der Waals surface area contributed by atoms with Gasteiger partial charge in [-0.05, 0) is 23.6 Å². The third kappa shape index (κ3) is 3.16. The number of thiazole rings is 1. The molecule has 3 aromatic heterocycles. The number of benzene rings is 1. The number of hydrogen-bond donors (Lipinski definition) is 0. The van der Waals surface area contributed by atoms with Crippen molar-refractivity contribution in [3.8, 4) is 9.88 Å². The molecule has 0 atom stereocenters. The van der Waals surface area contributed by atoms with Crippen molar-refractivity contribution in [2.24, 2.45) is 0 Å². The molecule has 124 valence electrons. The smallest absolute Gasteiger partial charge is 0.256 e. The Labute approximate surface area is 152 Å². The van der Waals surface area contributed by atoms with E-state index in [1.54, 1.807) is 53.1 Å². The Morgan fingerprint density at radius 3 is 2.84 bits per heavy atom. The lowest BCUT2D eigenvalue weighted by Crippen LogP contribution is -2.26. The van der Waals surface area contributed by atoms with E-state index in [0.717, 1.165) is 21.1 Å². The van der Waals surface area contributed by atoms with Gasteiger partial charge in [0.1, 0.15) is 10.5 Å². The maximum absolute atomic E-state index is 12.8. The van der Waals surface area contributed by atoms with E-state index in [4.69, 9.17) is 0 Å². The number of carbonyl (C=O) groups is 1. The van der Waals surface area contributed by atoms with Gasteiger partial charge in [0.2, 0.25) is 0 Å². The largest absolute Gasteiger partial charge is 0.336 e. The van der Waals surface area contributed by atoms with Gasteiger partial charge in [-0.25, -0.2) is 4.98 Å². The third-order valence-electron chi connectivity index (χ3n) is 3.76. The van der Waals surface area contributed by atoms with Gasteiger partial charge in [-0.15, -0.1) is 22.7 Å². The summed E-state index contributed by atoms with van der Waals surface area (Å²) >= 11 is 3.26. The highest BCUT2D eigenvalue weighted by atomic mass is 32.1. The molecule has 1 aromatic carbocycles. The highest BCUT2D eigenvalue weighted by Crippen LogP contribution is 2.28. The summed E-state index contributed by atoms with van der Waals surface area (Å²) < 4.78 is 0. The van der Waals surface area contributed by atoms with Crippen LogP contribution in [0.5, 0.6) is 0 Å².